The standard InChI is InChI=1S/C12H16N2OS/c1-8-10(7-13)16-12(11(8)15-2)14-9-5-3-4-6-9/h9,14H,3-6H2,1-2H3. The van der Waals surface area contributed by atoms with Crippen molar-refractivity contribution in [3.8, 4) is 11.8 Å². The maximum Gasteiger partial charge on any atom is 0.157 e. The molecule has 0 spiro atoms. The summed E-state index contributed by atoms with van der Waals surface area (Å²) >= 11 is 1.50. The lowest BCUT2D eigenvalue weighted by molar-refractivity contribution is 0.414. The SMILES string of the molecule is COc1c(NC2CCCC2)sc(C#N)c1C. The summed E-state index contributed by atoms with van der Waals surface area (Å²) in [5.74, 6) is 0.841. The van der Waals surface area contributed by atoms with E-state index in [1.807, 2.05) is 6.92 Å². The first-order valence-corrected chi connectivity index (χ1v) is 6.42. The molecule has 1 aliphatic rings. The number of nitrogens with zero attached hydrogens (tertiary/aromatic N) is 1. The molecule has 0 atom stereocenters. The second kappa shape index (κ2) is 4.75. The quantitative estimate of drug-likeness (QED) is 0.875. The normalized spacial score (nSPS) is 16.1. The lowest BCUT2D eigenvalue weighted by Gasteiger charge is -2.13. The molecule has 1 N–H and O–H groups in total. The highest BCUT2D eigenvalue weighted by molar-refractivity contribution is 7.17. The predicted molar refractivity (Wildman–Crippen MR) is 66.2 cm³/mol. The van der Waals surface area contributed by atoms with Gasteiger partial charge >= 0.3 is 0 Å². The second-order valence-electron chi connectivity index (χ2n) is 4.16. The van der Waals surface area contributed by atoms with Gasteiger partial charge in [-0.2, -0.15) is 5.26 Å². The summed E-state index contributed by atoms with van der Waals surface area (Å²) in [6, 6.07) is 2.77. The van der Waals surface area contributed by atoms with Crippen LogP contribution in [0.15, 0.2) is 0 Å². The Morgan fingerprint density at radius 2 is 2.12 bits per heavy atom. The van der Waals surface area contributed by atoms with Gasteiger partial charge in [-0.3, -0.25) is 0 Å². The highest BCUT2D eigenvalue weighted by atomic mass is 32.1. The van der Waals surface area contributed by atoms with Crippen LogP contribution in [0.3, 0.4) is 0 Å². The summed E-state index contributed by atoms with van der Waals surface area (Å²) < 4.78 is 5.37. The number of thiophene rings is 1. The van der Waals surface area contributed by atoms with Crippen LogP contribution >= 0.6 is 11.3 Å². The highest BCUT2D eigenvalue weighted by Gasteiger charge is 2.20. The molecule has 1 aromatic heterocycles. The molecule has 4 heteroatoms. The molecule has 0 amide bonds. The molecule has 3 nitrogen and oxygen atoms in total. The van der Waals surface area contributed by atoms with E-state index < -0.39 is 0 Å². The topological polar surface area (TPSA) is 45.0 Å². The molecule has 0 unspecified atom stereocenters. The van der Waals surface area contributed by atoms with Gasteiger partial charge in [0.2, 0.25) is 0 Å². The Hall–Kier alpha value is -1.21. The fourth-order valence-electron chi connectivity index (χ4n) is 2.20. The fourth-order valence-corrected chi connectivity index (χ4v) is 3.25. The van der Waals surface area contributed by atoms with Gasteiger partial charge in [-0.1, -0.05) is 12.8 Å². The Labute approximate surface area is 100 Å². The smallest absolute Gasteiger partial charge is 0.157 e. The lowest BCUT2D eigenvalue weighted by atomic mass is 10.2. The van der Waals surface area contributed by atoms with Crippen LogP contribution in [0.2, 0.25) is 0 Å². The van der Waals surface area contributed by atoms with Crippen molar-refractivity contribution >= 4 is 16.3 Å². The molecular formula is C12H16N2OS. The van der Waals surface area contributed by atoms with Crippen LogP contribution in [0.5, 0.6) is 5.75 Å². The summed E-state index contributed by atoms with van der Waals surface area (Å²) in [7, 11) is 1.66. The number of rotatable bonds is 3. The van der Waals surface area contributed by atoms with Crippen LogP contribution in [0.1, 0.15) is 36.1 Å². The third kappa shape index (κ3) is 2.00. The predicted octanol–water partition coefficient (Wildman–Crippen LogP) is 3.29. The Bertz CT molecular complexity index is 413. The molecule has 1 saturated carbocycles. The maximum atomic E-state index is 8.99. The van der Waals surface area contributed by atoms with Crippen molar-refractivity contribution in [3.63, 3.8) is 0 Å². The van der Waals surface area contributed by atoms with Crippen molar-refractivity contribution in [1.29, 1.82) is 5.26 Å². The van der Waals surface area contributed by atoms with Gasteiger partial charge in [0.1, 0.15) is 15.9 Å². The van der Waals surface area contributed by atoms with Crippen molar-refractivity contribution in [3.05, 3.63) is 10.4 Å². The van der Waals surface area contributed by atoms with E-state index in [1.165, 1.54) is 37.0 Å². The minimum Gasteiger partial charge on any atom is -0.493 e. The van der Waals surface area contributed by atoms with E-state index >= 15 is 0 Å². The largest absolute Gasteiger partial charge is 0.493 e. The summed E-state index contributed by atoms with van der Waals surface area (Å²) in [6.07, 6.45) is 5.05. The van der Waals surface area contributed by atoms with Gasteiger partial charge in [0.15, 0.2) is 5.75 Å². The fraction of sp³-hybridized carbons (Fsp3) is 0.583. The number of nitrogens with one attached hydrogen (secondary N) is 1. The Morgan fingerprint density at radius 1 is 1.44 bits per heavy atom. The molecule has 0 saturated heterocycles. The van der Waals surface area contributed by atoms with Crippen molar-refractivity contribution in [2.75, 3.05) is 12.4 Å². The number of anilines is 1. The number of methoxy groups -OCH3 is 1. The Kier molecular flexibility index (Phi) is 3.35. The molecule has 0 bridgehead atoms. The summed E-state index contributed by atoms with van der Waals surface area (Å²) in [5.41, 5.74) is 0.954. The van der Waals surface area contributed by atoms with E-state index in [2.05, 4.69) is 11.4 Å². The van der Waals surface area contributed by atoms with Gasteiger partial charge in [-0.05, 0) is 19.8 Å². The monoisotopic (exact) mass is 236 g/mol. The first-order valence-electron chi connectivity index (χ1n) is 5.60. The minimum atomic E-state index is 0.554. The zero-order chi connectivity index (χ0) is 11.5. The van der Waals surface area contributed by atoms with Gasteiger partial charge in [0.05, 0.1) is 7.11 Å². The lowest BCUT2D eigenvalue weighted by Crippen LogP contribution is -2.13. The number of nitriles is 1. The van der Waals surface area contributed by atoms with E-state index in [0.29, 0.717) is 6.04 Å². The van der Waals surface area contributed by atoms with Gasteiger partial charge < -0.3 is 10.1 Å². The molecule has 0 aromatic carbocycles. The van der Waals surface area contributed by atoms with Crippen LogP contribution in [-0.4, -0.2) is 13.2 Å². The van der Waals surface area contributed by atoms with Crippen LogP contribution in [0.4, 0.5) is 5.00 Å². The molecule has 0 aliphatic heterocycles. The zero-order valence-corrected chi connectivity index (χ0v) is 10.5. The van der Waals surface area contributed by atoms with E-state index in [0.717, 1.165) is 21.2 Å². The van der Waals surface area contributed by atoms with E-state index in [-0.39, 0.29) is 0 Å². The van der Waals surface area contributed by atoms with Gasteiger partial charge in [-0.25, -0.2) is 0 Å². The Balaban J connectivity index is 2.22. The van der Waals surface area contributed by atoms with Crippen LogP contribution in [0.25, 0.3) is 0 Å². The minimum absolute atomic E-state index is 0.554. The third-order valence-corrected chi connectivity index (χ3v) is 4.20. The zero-order valence-electron chi connectivity index (χ0n) is 9.67. The summed E-state index contributed by atoms with van der Waals surface area (Å²) in [4.78, 5) is 0.748. The molecule has 1 fully saturated rings. The average molecular weight is 236 g/mol. The van der Waals surface area contributed by atoms with Gasteiger partial charge in [0.25, 0.3) is 0 Å². The first-order chi connectivity index (χ1) is 7.76. The summed E-state index contributed by atoms with van der Waals surface area (Å²) in [6.45, 7) is 1.94. The second-order valence-corrected chi connectivity index (χ2v) is 5.18. The van der Waals surface area contributed by atoms with Gasteiger partial charge in [0, 0.05) is 11.6 Å². The molecule has 2 rings (SSSR count). The van der Waals surface area contributed by atoms with E-state index in [4.69, 9.17) is 10.00 Å². The molecule has 86 valence electrons. The highest BCUT2D eigenvalue weighted by Crippen LogP contribution is 2.40. The number of hydrogen-bond acceptors (Lipinski definition) is 4. The maximum absolute atomic E-state index is 8.99. The number of ether oxygens (including phenoxy) is 1. The molecular weight excluding hydrogens is 220 g/mol. The molecule has 16 heavy (non-hydrogen) atoms. The van der Waals surface area contributed by atoms with Crippen molar-refractivity contribution in [2.24, 2.45) is 0 Å². The summed E-state index contributed by atoms with van der Waals surface area (Å²) in [5, 5.41) is 13.5. The third-order valence-electron chi connectivity index (χ3n) is 3.09. The molecule has 1 aromatic rings. The average Bonchev–Trinajstić information content (AvgIpc) is 2.87. The van der Waals surface area contributed by atoms with Crippen LogP contribution in [0, 0.1) is 18.3 Å². The van der Waals surface area contributed by atoms with Crippen molar-refractivity contribution in [1.82, 2.24) is 0 Å². The van der Waals surface area contributed by atoms with Gasteiger partial charge in [-0.15, -0.1) is 11.3 Å². The molecule has 1 heterocycles. The van der Waals surface area contributed by atoms with Crippen molar-refractivity contribution in [2.45, 2.75) is 38.6 Å². The molecule has 0 radical (unpaired) electrons. The first kappa shape index (κ1) is 11.3. The van der Waals surface area contributed by atoms with E-state index in [1.54, 1.807) is 7.11 Å². The van der Waals surface area contributed by atoms with Crippen LogP contribution in [-0.2, 0) is 0 Å². The van der Waals surface area contributed by atoms with Crippen LogP contribution < -0.4 is 10.1 Å². The Morgan fingerprint density at radius 3 is 2.69 bits per heavy atom. The number of hydrogen-bond donors (Lipinski definition) is 1. The van der Waals surface area contributed by atoms with E-state index in [9.17, 15) is 0 Å². The molecule has 1 aliphatic carbocycles. The van der Waals surface area contributed by atoms with Crippen molar-refractivity contribution < 1.29 is 4.74 Å².